The first kappa shape index (κ1) is 6.88. The highest BCUT2D eigenvalue weighted by Gasteiger charge is 1.96. The van der Waals surface area contributed by atoms with Crippen LogP contribution >= 0.6 is 10.1 Å². The van der Waals surface area contributed by atoms with Gasteiger partial charge < -0.3 is 0 Å². The molecule has 0 spiro atoms. The highest BCUT2D eigenvalue weighted by molar-refractivity contribution is 8.25. The van der Waals surface area contributed by atoms with Crippen LogP contribution in [0.5, 0.6) is 0 Å². The first-order chi connectivity index (χ1) is 2.77. The third-order valence-corrected chi connectivity index (χ3v) is 4.50. The molecule has 0 N–H and O–H groups in total. The number of hydrogen-bond donors (Lipinski definition) is 0. The van der Waals surface area contributed by atoms with Gasteiger partial charge >= 0.3 is 13.0 Å². The Labute approximate surface area is 47.7 Å². The SMILES string of the molecule is CC[S][Al]([CH3])[CH3]. The molecular formula is C4H11AlS. The minimum Gasteiger partial charge on any atom is -0.256 e. The Bertz CT molecular complexity index is 28.7. The lowest BCUT2D eigenvalue weighted by molar-refractivity contribution is 1.54. The molecule has 0 radical (unpaired) electrons. The molecule has 0 aromatic rings. The fraction of sp³-hybridized carbons (Fsp3) is 1.00. The van der Waals surface area contributed by atoms with Crippen molar-refractivity contribution >= 4 is 23.1 Å². The van der Waals surface area contributed by atoms with Crippen molar-refractivity contribution in [3.05, 3.63) is 0 Å². The fourth-order valence-electron chi connectivity index (χ4n) is 0.333. The van der Waals surface area contributed by atoms with Crippen LogP contribution in [0.2, 0.25) is 11.6 Å². The van der Waals surface area contributed by atoms with Crippen LogP contribution in [-0.2, 0) is 0 Å². The monoisotopic (exact) mass is 118 g/mol. The molecule has 0 atom stereocenters. The second-order valence-electron chi connectivity index (χ2n) is 1.50. The Hall–Kier alpha value is 0.882. The van der Waals surface area contributed by atoms with Crippen molar-refractivity contribution < 1.29 is 0 Å². The van der Waals surface area contributed by atoms with E-state index < -0.39 is 0 Å². The lowest BCUT2D eigenvalue weighted by Crippen LogP contribution is -1.90. The maximum absolute atomic E-state index is 2.36. The zero-order valence-electron chi connectivity index (χ0n) is 4.69. The van der Waals surface area contributed by atoms with E-state index in [-0.39, 0.29) is 13.0 Å². The second-order valence-corrected chi connectivity index (χ2v) is 8.34. The van der Waals surface area contributed by atoms with Gasteiger partial charge in [-0.2, -0.15) is 0 Å². The molecule has 0 saturated carbocycles. The van der Waals surface area contributed by atoms with Gasteiger partial charge in [-0.15, -0.1) is 0 Å². The molecule has 0 aromatic carbocycles. The molecule has 0 saturated heterocycles. The smallest absolute Gasteiger partial charge is 0.256 e. The Morgan fingerprint density at radius 1 is 1.50 bits per heavy atom. The van der Waals surface area contributed by atoms with Crippen LogP contribution in [0.25, 0.3) is 0 Å². The van der Waals surface area contributed by atoms with Crippen LogP contribution in [0, 0.1) is 0 Å². The average molecular weight is 118 g/mol. The summed E-state index contributed by atoms with van der Waals surface area (Å²) in [6.45, 7) is 2.22. The summed E-state index contributed by atoms with van der Waals surface area (Å²) in [7, 11) is 2.12. The van der Waals surface area contributed by atoms with Crippen LogP contribution in [0.15, 0.2) is 0 Å². The first-order valence-corrected chi connectivity index (χ1v) is 7.16. The summed E-state index contributed by atoms with van der Waals surface area (Å²) in [6, 6.07) is 0. The van der Waals surface area contributed by atoms with Gasteiger partial charge in [-0.25, -0.2) is 0 Å². The molecule has 0 nitrogen and oxygen atoms in total. The van der Waals surface area contributed by atoms with Crippen LogP contribution in [-0.4, -0.2) is 18.8 Å². The first-order valence-electron chi connectivity index (χ1n) is 2.39. The Morgan fingerprint density at radius 3 is 2.00 bits per heavy atom. The van der Waals surface area contributed by atoms with E-state index in [1.165, 1.54) is 5.75 Å². The van der Waals surface area contributed by atoms with Gasteiger partial charge in [0.15, 0.2) is 0 Å². The number of hydrogen-bond acceptors (Lipinski definition) is 1. The van der Waals surface area contributed by atoms with E-state index in [9.17, 15) is 0 Å². The molecule has 0 bridgehead atoms. The molecule has 0 rings (SSSR count). The Balaban J connectivity index is 2.63. The third kappa shape index (κ3) is 4.88. The zero-order valence-corrected chi connectivity index (χ0v) is 6.66. The second kappa shape index (κ2) is 4.05. The summed E-state index contributed by atoms with van der Waals surface area (Å²) in [5.74, 6) is 6.02. The lowest BCUT2D eigenvalue weighted by atomic mass is 11.0. The minimum atomic E-state index is -0.254. The molecular weight excluding hydrogens is 107 g/mol. The molecule has 36 valence electrons. The zero-order chi connectivity index (χ0) is 4.99. The molecule has 0 aliphatic heterocycles. The van der Waals surface area contributed by atoms with E-state index in [0.29, 0.717) is 0 Å². The maximum Gasteiger partial charge on any atom is 0.342 e. The van der Waals surface area contributed by atoms with E-state index in [2.05, 4.69) is 28.6 Å². The quantitative estimate of drug-likeness (QED) is 0.500. The van der Waals surface area contributed by atoms with Crippen molar-refractivity contribution in [2.45, 2.75) is 18.5 Å². The molecule has 0 fully saturated rings. The van der Waals surface area contributed by atoms with Gasteiger partial charge in [-0.3, -0.25) is 10.1 Å². The summed E-state index contributed by atoms with van der Waals surface area (Å²) in [4.78, 5) is 0. The van der Waals surface area contributed by atoms with E-state index >= 15 is 0 Å². The van der Waals surface area contributed by atoms with Crippen LogP contribution in [0.1, 0.15) is 6.92 Å². The summed E-state index contributed by atoms with van der Waals surface area (Å²) in [5.41, 5.74) is 0. The highest BCUT2D eigenvalue weighted by atomic mass is 32.3. The van der Waals surface area contributed by atoms with Crippen LogP contribution in [0.4, 0.5) is 0 Å². The standard InChI is InChI=1S/C2H6S.2CH3.Al/c1-2-3;;;/h3H,2H2,1H3;2*1H3;/q;;;+1/p-1. The van der Waals surface area contributed by atoms with Gasteiger partial charge in [-0.05, 0) is 5.75 Å². The molecule has 0 unspecified atom stereocenters. The molecule has 0 amide bonds. The van der Waals surface area contributed by atoms with E-state index in [0.717, 1.165) is 0 Å². The highest BCUT2D eigenvalue weighted by Crippen LogP contribution is 2.02. The Morgan fingerprint density at radius 2 is 2.00 bits per heavy atom. The molecule has 0 aromatic heterocycles. The van der Waals surface area contributed by atoms with Gasteiger partial charge in [-0.1, -0.05) is 18.5 Å². The largest absolute Gasteiger partial charge is 0.342 e. The maximum atomic E-state index is 2.36. The summed E-state index contributed by atoms with van der Waals surface area (Å²) >= 11 is -0.254. The normalized spacial score (nSPS) is 8.50. The Kier molecular flexibility index (Phi) is 4.65. The fourth-order valence-corrected chi connectivity index (χ4v) is 3.00. The predicted molar refractivity (Wildman–Crippen MR) is 35.6 cm³/mol. The summed E-state index contributed by atoms with van der Waals surface area (Å²) in [6.07, 6.45) is 0. The average Bonchev–Trinajstić information content (AvgIpc) is 1.35. The molecule has 0 aliphatic carbocycles. The van der Waals surface area contributed by atoms with Crippen LogP contribution < -0.4 is 0 Å². The van der Waals surface area contributed by atoms with Crippen molar-refractivity contribution in [1.82, 2.24) is 0 Å². The van der Waals surface area contributed by atoms with Gasteiger partial charge in [0.1, 0.15) is 0 Å². The lowest BCUT2D eigenvalue weighted by Gasteiger charge is -1.90. The summed E-state index contributed by atoms with van der Waals surface area (Å²) < 4.78 is 0. The molecule has 0 aliphatic rings. The van der Waals surface area contributed by atoms with Gasteiger partial charge in [0, 0.05) is 0 Å². The van der Waals surface area contributed by atoms with Crippen molar-refractivity contribution in [3.63, 3.8) is 0 Å². The predicted octanol–water partition coefficient (Wildman–Crippen LogP) is 1.99. The van der Waals surface area contributed by atoms with E-state index in [1.54, 1.807) is 0 Å². The van der Waals surface area contributed by atoms with E-state index in [4.69, 9.17) is 0 Å². The molecule has 0 heterocycles. The van der Waals surface area contributed by atoms with E-state index in [1.807, 2.05) is 0 Å². The number of rotatable bonds is 2. The van der Waals surface area contributed by atoms with Gasteiger partial charge in [0.05, 0.1) is 0 Å². The van der Waals surface area contributed by atoms with Crippen molar-refractivity contribution in [2.24, 2.45) is 0 Å². The van der Waals surface area contributed by atoms with Crippen molar-refractivity contribution in [2.75, 3.05) is 5.75 Å². The summed E-state index contributed by atoms with van der Waals surface area (Å²) in [5, 5.41) is 0. The van der Waals surface area contributed by atoms with Gasteiger partial charge in [0.2, 0.25) is 0 Å². The topological polar surface area (TPSA) is 0 Å². The minimum absolute atomic E-state index is 0.254. The van der Waals surface area contributed by atoms with Crippen molar-refractivity contribution in [3.8, 4) is 0 Å². The third-order valence-electron chi connectivity index (χ3n) is 0.500. The van der Waals surface area contributed by atoms with Crippen molar-refractivity contribution in [1.29, 1.82) is 0 Å². The van der Waals surface area contributed by atoms with Crippen LogP contribution in [0.3, 0.4) is 0 Å². The van der Waals surface area contributed by atoms with Gasteiger partial charge in [0.25, 0.3) is 0 Å². The molecule has 6 heavy (non-hydrogen) atoms. The molecule has 2 heteroatoms.